The Balaban J connectivity index is 2.19. The third-order valence-electron chi connectivity index (χ3n) is 4.57. The second kappa shape index (κ2) is 5.44. The highest BCUT2D eigenvalue weighted by molar-refractivity contribution is 5.33. The quantitative estimate of drug-likeness (QED) is 0.825. The van der Waals surface area contributed by atoms with E-state index >= 15 is 0 Å². The lowest BCUT2D eigenvalue weighted by Crippen LogP contribution is -2.40. The summed E-state index contributed by atoms with van der Waals surface area (Å²) in [6.45, 7) is 7.98. The Morgan fingerprint density at radius 2 is 2.00 bits per heavy atom. The molecule has 1 aromatic carbocycles. The van der Waals surface area contributed by atoms with E-state index in [2.05, 4.69) is 51.3 Å². The SMILES string of the molecule is CNCC1(Cc2cc(C(C)C)ccc2C)CCC1. The van der Waals surface area contributed by atoms with Gasteiger partial charge in [0.25, 0.3) is 0 Å². The van der Waals surface area contributed by atoms with Gasteiger partial charge in [0.15, 0.2) is 0 Å². The summed E-state index contributed by atoms with van der Waals surface area (Å²) in [6, 6.07) is 7.03. The van der Waals surface area contributed by atoms with Gasteiger partial charge >= 0.3 is 0 Å². The minimum Gasteiger partial charge on any atom is -0.319 e. The molecule has 100 valence electrons. The molecule has 0 spiro atoms. The third kappa shape index (κ3) is 2.77. The van der Waals surface area contributed by atoms with Gasteiger partial charge in [0, 0.05) is 6.54 Å². The Morgan fingerprint density at radius 3 is 2.50 bits per heavy atom. The number of benzene rings is 1. The highest BCUT2D eigenvalue weighted by Crippen LogP contribution is 2.43. The van der Waals surface area contributed by atoms with E-state index in [1.165, 1.54) is 43.4 Å². The number of rotatable bonds is 5. The van der Waals surface area contributed by atoms with Crippen molar-refractivity contribution in [1.82, 2.24) is 5.32 Å². The molecule has 0 aromatic heterocycles. The highest BCUT2D eigenvalue weighted by Gasteiger charge is 2.36. The zero-order chi connectivity index (χ0) is 13.2. The first-order chi connectivity index (χ1) is 8.56. The molecule has 18 heavy (non-hydrogen) atoms. The average molecular weight is 245 g/mol. The molecular weight excluding hydrogens is 218 g/mol. The molecule has 1 aliphatic carbocycles. The summed E-state index contributed by atoms with van der Waals surface area (Å²) >= 11 is 0. The Labute approximate surface area is 112 Å². The summed E-state index contributed by atoms with van der Waals surface area (Å²) in [7, 11) is 2.08. The van der Waals surface area contributed by atoms with Crippen LogP contribution in [-0.4, -0.2) is 13.6 Å². The van der Waals surface area contributed by atoms with E-state index in [1.807, 2.05) is 0 Å². The molecule has 0 saturated heterocycles. The average Bonchev–Trinajstić information content (AvgIpc) is 2.28. The largest absolute Gasteiger partial charge is 0.319 e. The van der Waals surface area contributed by atoms with E-state index in [-0.39, 0.29) is 0 Å². The zero-order valence-electron chi connectivity index (χ0n) is 12.3. The second-order valence-corrected chi connectivity index (χ2v) is 6.40. The second-order valence-electron chi connectivity index (χ2n) is 6.40. The standard InChI is InChI=1S/C17H27N/c1-13(2)15-7-6-14(3)16(10-15)11-17(12-18-4)8-5-9-17/h6-7,10,13,18H,5,8-9,11-12H2,1-4H3. The maximum Gasteiger partial charge on any atom is 0.000799 e. The number of aryl methyl sites for hydroxylation is 1. The maximum absolute atomic E-state index is 3.39. The Hall–Kier alpha value is -0.820. The van der Waals surface area contributed by atoms with Crippen molar-refractivity contribution in [3.05, 3.63) is 34.9 Å². The van der Waals surface area contributed by atoms with Gasteiger partial charge in [-0.25, -0.2) is 0 Å². The fourth-order valence-electron chi connectivity index (χ4n) is 3.11. The minimum atomic E-state index is 0.537. The van der Waals surface area contributed by atoms with Gasteiger partial charge in [0.05, 0.1) is 0 Å². The monoisotopic (exact) mass is 245 g/mol. The van der Waals surface area contributed by atoms with Gasteiger partial charge < -0.3 is 5.32 Å². The van der Waals surface area contributed by atoms with E-state index in [0.29, 0.717) is 11.3 Å². The summed E-state index contributed by atoms with van der Waals surface area (Å²) in [5.41, 5.74) is 5.04. The molecule has 0 bridgehead atoms. The van der Waals surface area contributed by atoms with E-state index in [1.54, 1.807) is 5.56 Å². The lowest BCUT2D eigenvalue weighted by Gasteiger charge is -2.42. The topological polar surface area (TPSA) is 12.0 Å². The Kier molecular flexibility index (Phi) is 4.11. The maximum atomic E-state index is 3.39. The molecule has 1 heteroatoms. The lowest BCUT2D eigenvalue weighted by atomic mass is 9.65. The van der Waals surface area contributed by atoms with Crippen molar-refractivity contribution >= 4 is 0 Å². The van der Waals surface area contributed by atoms with Crippen LogP contribution in [0.4, 0.5) is 0 Å². The van der Waals surface area contributed by atoms with Crippen molar-refractivity contribution in [3.8, 4) is 0 Å². The summed E-state index contributed by atoms with van der Waals surface area (Å²) in [5.74, 6) is 0.631. The van der Waals surface area contributed by atoms with Gasteiger partial charge in [-0.3, -0.25) is 0 Å². The number of nitrogens with one attached hydrogen (secondary N) is 1. The first kappa shape index (κ1) is 13.6. The summed E-state index contributed by atoms with van der Waals surface area (Å²) in [4.78, 5) is 0. The highest BCUT2D eigenvalue weighted by atomic mass is 14.8. The van der Waals surface area contributed by atoms with Gasteiger partial charge in [-0.05, 0) is 61.3 Å². The molecule has 1 aliphatic rings. The van der Waals surface area contributed by atoms with E-state index in [0.717, 1.165) is 0 Å². The van der Waals surface area contributed by atoms with Crippen molar-refractivity contribution in [3.63, 3.8) is 0 Å². The van der Waals surface area contributed by atoms with Crippen molar-refractivity contribution in [2.24, 2.45) is 5.41 Å². The molecule has 1 nitrogen and oxygen atoms in total. The minimum absolute atomic E-state index is 0.537. The molecule has 0 unspecified atom stereocenters. The van der Waals surface area contributed by atoms with Gasteiger partial charge in [0.2, 0.25) is 0 Å². The zero-order valence-corrected chi connectivity index (χ0v) is 12.3. The van der Waals surface area contributed by atoms with Crippen molar-refractivity contribution in [2.75, 3.05) is 13.6 Å². The number of hydrogen-bond donors (Lipinski definition) is 1. The summed E-state index contributed by atoms with van der Waals surface area (Å²) < 4.78 is 0. The first-order valence-electron chi connectivity index (χ1n) is 7.30. The molecule has 0 atom stereocenters. The molecule has 0 aliphatic heterocycles. The van der Waals surface area contributed by atoms with Gasteiger partial charge in [-0.1, -0.05) is 38.5 Å². The summed E-state index contributed by atoms with van der Waals surface area (Å²) in [5, 5.41) is 3.39. The predicted octanol–water partition coefficient (Wildman–Crippen LogP) is 4.05. The molecule has 0 radical (unpaired) electrons. The molecule has 2 rings (SSSR count). The van der Waals surface area contributed by atoms with Crippen LogP contribution >= 0.6 is 0 Å². The Bertz CT molecular complexity index is 402. The lowest BCUT2D eigenvalue weighted by molar-refractivity contribution is 0.133. The molecule has 0 amide bonds. The van der Waals surface area contributed by atoms with Crippen LogP contribution < -0.4 is 5.32 Å². The first-order valence-corrected chi connectivity index (χ1v) is 7.30. The van der Waals surface area contributed by atoms with Crippen LogP contribution in [0.15, 0.2) is 18.2 Å². The molecule has 0 heterocycles. The third-order valence-corrected chi connectivity index (χ3v) is 4.57. The van der Waals surface area contributed by atoms with Crippen LogP contribution in [0.25, 0.3) is 0 Å². The normalized spacial score (nSPS) is 17.8. The molecule has 1 N–H and O–H groups in total. The van der Waals surface area contributed by atoms with E-state index in [9.17, 15) is 0 Å². The molecular formula is C17H27N. The van der Waals surface area contributed by atoms with Crippen molar-refractivity contribution in [1.29, 1.82) is 0 Å². The van der Waals surface area contributed by atoms with Crippen LogP contribution in [0.5, 0.6) is 0 Å². The fraction of sp³-hybridized carbons (Fsp3) is 0.647. The van der Waals surface area contributed by atoms with Crippen molar-refractivity contribution in [2.45, 2.75) is 52.4 Å². The summed E-state index contributed by atoms with van der Waals surface area (Å²) in [6.07, 6.45) is 5.43. The van der Waals surface area contributed by atoms with Crippen LogP contribution in [0.1, 0.15) is 55.7 Å². The molecule has 1 fully saturated rings. The fourth-order valence-corrected chi connectivity index (χ4v) is 3.11. The van der Waals surface area contributed by atoms with Gasteiger partial charge in [-0.15, -0.1) is 0 Å². The van der Waals surface area contributed by atoms with Crippen LogP contribution in [0, 0.1) is 12.3 Å². The molecule has 1 saturated carbocycles. The van der Waals surface area contributed by atoms with Gasteiger partial charge in [0.1, 0.15) is 0 Å². The number of hydrogen-bond acceptors (Lipinski definition) is 1. The smallest absolute Gasteiger partial charge is 0.000799 e. The van der Waals surface area contributed by atoms with Crippen LogP contribution in [0.2, 0.25) is 0 Å². The van der Waals surface area contributed by atoms with E-state index < -0.39 is 0 Å². The Morgan fingerprint density at radius 1 is 1.28 bits per heavy atom. The van der Waals surface area contributed by atoms with Crippen molar-refractivity contribution < 1.29 is 0 Å². The predicted molar refractivity (Wildman–Crippen MR) is 79.2 cm³/mol. The van der Waals surface area contributed by atoms with Gasteiger partial charge in [-0.2, -0.15) is 0 Å². The molecule has 1 aromatic rings. The van der Waals surface area contributed by atoms with E-state index in [4.69, 9.17) is 0 Å². The van der Waals surface area contributed by atoms with Crippen LogP contribution in [-0.2, 0) is 6.42 Å². The van der Waals surface area contributed by atoms with Crippen LogP contribution in [0.3, 0.4) is 0 Å².